The molecule has 2 atom stereocenters. The number of ether oxygens (including phenoxy) is 2. The smallest absolute Gasteiger partial charge is 0.133 e. The summed E-state index contributed by atoms with van der Waals surface area (Å²) in [6, 6.07) is 0.115. The molecule has 1 N–H and O–H groups in total. The van der Waals surface area contributed by atoms with Gasteiger partial charge in [-0.15, -0.1) is 0 Å². The van der Waals surface area contributed by atoms with Crippen molar-refractivity contribution in [3.8, 4) is 0 Å². The molecule has 90 valence electrons. The van der Waals surface area contributed by atoms with Crippen molar-refractivity contribution in [2.24, 2.45) is 0 Å². The van der Waals surface area contributed by atoms with Crippen LogP contribution in [0.1, 0.15) is 27.2 Å². The van der Waals surface area contributed by atoms with Gasteiger partial charge in [0.05, 0.1) is 25.9 Å². The topological polar surface area (TPSA) is 30.5 Å². The molecule has 3 nitrogen and oxygen atoms in total. The molecular formula is C11H22FNO2. The maximum absolute atomic E-state index is 14.0. The molecule has 0 spiro atoms. The molecule has 1 aliphatic rings. The molecule has 15 heavy (non-hydrogen) atoms. The molecule has 1 rings (SSSR count). The van der Waals surface area contributed by atoms with Crippen molar-refractivity contribution in [1.29, 1.82) is 0 Å². The number of hydrogen-bond donors (Lipinski definition) is 1. The van der Waals surface area contributed by atoms with Crippen LogP contribution in [0.5, 0.6) is 0 Å². The highest BCUT2D eigenvalue weighted by Gasteiger charge is 2.29. The lowest BCUT2D eigenvalue weighted by Gasteiger charge is -2.30. The van der Waals surface area contributed by atoms with Gasteiger partial charge in [0.15, 0.2) is 0 Å². The molecule has 4 heteroatoms. The fourth-order valence-electron chi connectivity index (χ4n) is 1.66. The molecule has 1 fully saturated rings. The number of nitrogens with one attached hydrogen (secondary N) is 1. The normalized spacial score (nSPS) is 26.6. The summed E-state index contributed by atoms with van der Waals surface area (Å²) in [7, 11) is 0. The largest absolute Gasteiger partial charge is 0.379 e. The van der Waals surface area contributed by atoms with E-state index >= 15 is 0 Å². The quantitative estimate of drug-likeness (QED) is 0.760. The fourth-order valence-corrected chi connectivity index (χ4v) is 1.66. The van der Waals surface area contributed by atoms with Gasteiger partial charge < -0.3 is 14.8 Å². The van der Waals surface area contributed by atoms with Crippen molar-refractivity contribution in [2.75, 3.05) is 26.4 Å². The number of rotatable bonds is 5. The van der Waals surface area contributed by atoms with Crippen LogP contribution in [0, 0.1) is 0 Å². The Morgan fingerprint density at radius 2 is 2.33 bits per heavy atom. The van der Waals surface area contributed by atoms with Gasteiger partial charge in [0, 0.05) is 19.0 Å². The average molecular weight is 219 g/mol. The summed E-state index contributed by atoms with van der Waals surface area (Å²) in [6.45, 7) is 7.71. The Kier molecular flexibility index (Phi) is 4.96. The molecule has 1 saturated heterocycles. The Morgan fingerprint density at radius 1 is 1.60 bits per heavy atom. The molecule has 1 heterocycles. The first-order valence-corrected chi connectivity index (χ1v) is 5.61. The van der Waals surface area contributed by atoms with Crippen LogP contribution in [0.25, 0.3) is 0 Å². The first kappa shape index (κ1) is 12.9. The van der Waals surface area contributed by atoms with Crippen LogP contribution in [0.3, 0.4) is 0 Å². The molecule has 0 aromatic rings. The van der Waals surface area contributed by atoms with Crippen LogP contribution in [0.15, 0.2) is 0 Å². The van der Waals surface area contributed by atoms with Crippen LogP contribution >= 0.6 is 0 Å². The zero-order chi connectivity index (χ0) is 11.3. The number of hydrogen-bond acceptors (Lipinski definition) is 3. The van der Waals surface area contributed by atoms with Crippen molar-refractivity contribution < 1.29 is 13.9 Å². The van der Waals surface area contributed by atoms with Crippen molar-refractivity contribution in [2.45, 2.75) is 45.0 Å². The first-order chi connectivity index (χ1) is 6.99. The Morgan fingerprint density at radius 3 is 2.87 bits per heavy atom. The Balaban J connectivity index is 2.26. The minimum atomic E-state index is -1.28. The molecule has 0 aliphatic carbocycles. The predicted octanol–water partition coefficient (Wildman–Crippen LogP) is 1.52. The Labute approximate surface area is 91.3 Å². The van der Waals surface area contributed by atoms with Crippen LogP contribution in [0.2, 0.25) is 0 Å². The molecule has 0 saturated carbocycles. The van der Waals surface area contributed by atoms with E-state index in [9.17, 15) is 4.39 Å². The predicted molar refractivity (Wildman–Crippen MR) is 57.8 cm³/mol. The van der Waals surface area contributed by atoms with E-state index in [2.05, 4.69) is 5.32 Å². The zero-order valence-corrected chi connectivity index (χ0v) is 9.88. The summed E-state index contributed by atoms with van der Waals surface area (Å²) in [5, 5.41) is 3.24. The maximum Gasteiger partial charge on any atom is 0.133 e. The standard InChI is InChI=1S/C11H22FNO2/c1-9(2)15-8-11(3,12)6-10-7-14-5-4-13-10/h9-10,13H,4-8H2,1-3H3. The van der Waals surface area contributed by atoms with Crippen molar-refractivity contribution >= 4 is 0 Å². The van der Waals surface area contributed by atoms with Gasteiger partial charge >= 0.3 is 0 Å². The van der Waals surface area contributed by atoms with E-state index in [0.717, 1.165) is 13.2 Å². The average Bonchev–Trinajstić information content (AvgIpc) is 2.16. The Bertz CT molecular complexity index is 179. The molecule has 1 aliphatic heterocycles. The molecular weight excluding hydrogens is 197 g/mol. The van der Waals surface area contributed by atoms with E-state index in [4.69, 9.17) is 9.47 Å². The van der Waals surface area contributed by atoms with Gasteiger partial charge in [-0.25, -0.2) is 4.39 Å². The van der Waals surface area contributed by atoms with Crippen LogP contribution in [-0.2, 0) is 9.47 Å². The van der Waals surface area contributed by atoms with Crippen LogP contribution in [0.4, 0.5) is 4.39 Å². The molecule has 0 aromatic heterocycles. The summed E-state index contributed by atoms with van der Waals surface area (Å²) in [6.07, 6.45) is 0.523. The second-order valence-corrected chi connectivity index (χ2v) is 4.70. The lowest BCUT2D eigenvalue weighted by molar-refractivity contribution is -0.0245. The monoisotopic (exact) mass is 219 g/mol. The lowest BCUT2D eigenvalue weighted by atomic mass is 9.99. The van der Waals surface area contributed by atoms with Crippen LogP contribution < -0.4 is 5.32 Å². The fraction of sp³-hybridized carbons (Fsp3) is 1.00. The second kappa shape index (κ2) is 5.77. The van der Waals surface area contributed by atoms with Gasteiger partial charge in [-0.1, -0.05) is 0 Å². The van der Waals surface area contributed by atoms with E-state index in [1.54, 1.807) is 6.92 Å². The van der Waals surface area contributed by atoms with Gasteiger partial charge in [0.2, 0.25) is 0 Å². The van der Waals surface area contributed by atoms with E-state index in [-0.39, 0.29) is 18.8 Å². The number of morpholine rings is 1. The SMILES string of the molecule is CC(C)OCC(C)(F)CC1COCCN1. The molecule has 0 bridgehead atoms. The molecule has 0 aromatic carbocycles. The van der Waals surface area contributed by atoms with Crippen molar-refractivity contribution in [3.63, 3.8) is 0 Å². The van der Waals surface area contributed by atoms with E-state index in [1.807, 2.05) is 13.8 Å². The van der Waals surface area contributed by atoms with E-state index < -0.39 is 5.67 Å². The molecule has 0 radical (unpaired) electrons. The molecule has 0 amide bonds. The Hall–Kier alpha value is -0.190. The third-order valence-corrected chi connectivity index (χ3v) is 2.39. The van der Waals surface area contributed by atoms with Gasteiger partial charge in [0.1, 0.15) is 5.67 Å². The maximum atomic E-state index is 14.0. The van der Waals surface area contributed by atoms with E-state index in [1.165, 1.54) is 0 Å². The molecule has 2 unspecified atom stereocenters. The zero-order valence-electron chi connectivity index (χ0n) is 9.88. The third-order valence-electron chi connectivity index (χ3n) is 2.39. The summed E-state index contributed by atoms with van der Waals surface area (Å²) >= 11 is 0. The van der Waals surface area contributed by atoms with Crippen molar-refractivity contribution in [1.82, 2.24) is 5.32 Å². The van der Waals surface area contributed by atoms with Gasteiger partial charge in [-0.2, -0.15) is 0 Å². The van der Waals surface area contributed by atoms with Crippen LogP contribution in [-0.4, -0.2) is 44.2 Å². The third kappa shape index (κ3) is 5.44. The number of halogens is 1. The highest BCUT2D eigenvalue weighted by molar-refractivity contribution is 4.82. The number of alkyl halides is 1. The minimum Gasteiger partial charge on any atom is -0.379 e. The minimum absolute atomic E-state index is 0.0793. The summed E-state index contributed by atoms with van der Waals surface area (Å²) in [4.78, 5) is 0. The van der Waals surface area contributed by atoms with E-state index in [0.29, 0.717) is 13.0 Å². The summed E-state index contributed by atoms with van der Waals surface area (Å²) < 4.78 is 24.6. The first-order valence-electron chi connectivity index (χ1n) is 5.61. The second-order valence-electron chi connectivity index (χ2n) is 4.70. The highest BCUT2D eigenvalue weighted by Crippen LogP contribution is 2.20. The van der Waals surface area contributed by atoms with Gasteiger partial charge in [-0.3, -0.25) is 0 Å². The highest BCUT2D eigenvalue weighted by atomic mass is 19.1. The van der Waals surface area contributed by atoms with Crippen molar-refractivity contribution in [3.05, 3.63) is 0 Å². The van der Waals surface area contributed by atoms with Gasteiger partial charge in [0.25, 0.3) is 0 Å². The lowest BCUT2D eigenvalue weighted by Crippen LogP contribution is -2.46. The summed E-state index contributed by atoms with van der Waals surface area (Å²) in [5.74, 6) is 0. The summed E-state index contributed by atoms with van der Waals surface area (Å²) in [5.41, 5.74) is -1.28. The van der Waals surface area contributed by atoms with Gasteiger partial charge in [-0.05, 0) is 20.8 Å².